The van der Waals surface area contributed by atoms with Crippen LogP contribution in [0.3, 0.4) is 0 Å². The predicted molar refractivity (Wildman–Crippen MR) is 62.1 cm³/mol. The maximum atomic E-state index is 5.09. The molecule has 1 N–H and O–H groups in total. The van der Waals surface area contributed by atoms with Crippen LogP contribution in [0.4, 0.5) is 0 Å². The molecular formula is C12H21N3O. The van der Waals surface area contributed by atoms with E-state index in [0.29, 0.717) is 11.9 Å². The van der Waals surface area contributed by atoms with Crippen LogP contribution in [-0.4, -0.2) is 16.2 Å². The fourth-order valence-corrected chi connectivity index (χ4v) is 2.43. The third-order valence-electron chi connectivity index (χ3n) is 3.41. The Bertz CT molecular complexity index is 344. The van der Waals surface area contributed by atoms with Gasteiger partial charge in [0.2, 0.25) is 5.89 Å². The summed E-state index contributed by atoms with van der Waals surface area (Å²) < 4.78 is 5.09. The molecule has 1 aromatic heterocycles. The molecule has 0 spiro atoms. The van der Waals surface area contributed by atoms with Crippen LogP contribution >= 0.6 is 0 Å². The number of nitrogens with zero attached hydrogens (tertiary/aromatic N) is 2. The maximum Gasteiger partial charge on any atom is 0.223 e. The molecule has 1 aliphatic rings. The molecule has 0 saturated heterocycles. The largest absolute Gasteiger partial charge is 0.340 e. The number of aryl methyl sites for hydroxylation is 1. The van der Waals surface area contributed by atoms with Gasteiger partial charge >= 0.3 is 0 Å². The Balaban J connectivity index is 2.07. The first-order valence-corrected chi connectivity index (χ1v) is 6.25. The number of aromatic nitrogens is 2. The van der Waals surface area contributed by atoms with Crippen LogP contribution in [0, 0.1) is 6.92 Å². The molecule has 4 heteroatoms. The molecular weight excluding hydrogens is 202 g/mol. The Kier molecular flexibility index (Phi) is 3.28. The monoisotopic (exact) mass is 223 g/mol. The minimum absolute atomic E-state index is 0.00759. The van der Waals surface area contributed by atoms with Gasteiger partial charge < -0.3 is 9.84 Å². The Morgan fingerprint density at radius 3 is 2.69 bits per heavy atom. The van der Waals surface area contributed by atoms with Crippen LogP contribution in [-0.2, 0) is 5.54 Å². The lowest BCUT2D eigenvalue weighted by atomic mass is 9.75. The highest BCUT2D eigenvalue weighted by Crippen LogP contribution is 2.40. The zero-order valence-electron chi connectivity index (χ0n) is 10.4. The summed E-state index contributed by atoms with van der Waals surface area (Å²) in [4.78, 5) is 4.38. The summed E-state index contributed by atoms with van der Waals surface area (Å²) in [5.74, 6) is 1.51. The second-order valence-electron chi connectivity index (χ2n) is 4.91. The minimum atomic E-state index is -0.00759. The molecule has 0 aliphatic heterocycles. The summed E-state index contributed by atoms with van der Waals surface area (Å²) in [5, 5.41) is 7.75. The molecule has 1 unspecified atom stereocenters. The predicted octanol–water partition coefficient (Wildman–Crippen LogP) is 2.54. The van der Waals surface area contributed by atoms with E-state index in [9.17, 15) is 0 Å². The van der Waals surface area contributed by atoms with Crippen molar-refractivity contribution in [3.63, 3.8) is 0 Å². The van der Waals surface area contributed by atoms with E-state index in [1.807, 2.05) is 6.92 Å². The van der Waals surface area contributed by atoms with E-state index in [1.165, 1.54) is 19.3 Å². The zero-order valence-corrected chi connectivity index (χ0v) is 10.4. The third-order valence-corrected chi connectivity index (χ3v) is 3.41. The van der Waals surface area contributed by atoms with Gasteiger partial charge in [-0.25, -0.2) is 0 Å². The van der Waals surface area contributed by atoms with E-state index < -0.39 is 0 Å². The Labute approximate surface area is 96.8 Å². The lowest BCUT2D eigenvalue weighted by Gasteiger charge is -2.42. The van der Waals surface area contributed by atoms with E-state index >= 15 is 0 Å². The maximum absolute atomic E-state index is 5.09. The number of nitrogens with one attached hydrogen (secondary N) is 1. The fraction of sp³-hybridized carbons (Fsp3) is 0.833. The standard InChI is InChI=1S/C12H21N3O/c1-4-6-9(2)14-12(7-5-8-12)11-13-10(3)16-15-11/h9,14H,4-8H2,1-3H3. The van der Waals surface area contributed by atoms with Gasteiger partial charge in [0.25, 0.3) is 0 Å². The van der Waals surface area contributed by atoms with Crippen molar-refractivity contribution in [3.8, 4) is 0 Å². The average molecular weight is 223 g/mol. The van der Waals surface area contributed by atoms with Gasteiger partial charge in [0.15, 0.2) is 5.82 Å². The molecule has 4 nitrogen and oxygen atoms in total. The molecule has 90 valence electrons. The second-order valence-corrected chi connectivity index (χ2v) is 4.91. The van der Waals surface area contributed by atoms with E-state index in [1.54, 1.807) is 0 Å². The quantitative estimate of drug-likeness (QED) is 0.833. The molecule has 1 aromatic rings. The first-order valence-electron chi connectivity index (χ1n) is 6.25. The fourth-order valence-electron chi connectivity index (χ4n) is 2.43. The lowest BCUT2D eigenvalue weighted by molar-refractivity contribution is 0.147. The molecule has 1 saturated carbocycles. The van der Waals surface area contributed by atoms with Gasteiger partial charge in [-0.15, -0.1) is 0 Å². The molecule has 0 radical (unpaired) electrons. The normalized spacial score (nSPS) is 20.4. The van der Waals surface area contributed by atoms with Gasteiger partial charge in [0.1, 0.15) is 0 Å². The molecule has 16 heavy (non-hydrogen) atoms. The van der Waals surface area contributed by atoms with E-state index in [-0.39, 0.29) is 5.54 Å². The number of hydrogen-bond donors (Lipinski definition) is 1. The average Bonchev–Trinajstić information content (AvgIpc) is 2.59. The van der Waals surface area contributed by atoms with Crippen LogP contribution in [0.15, 0.2) is 4.52 Å². The summed E-state index contributed by atoms with van der Waals surface area (Å²) in [6, 6.07) is 0.518. The van der Waals surface area contributed by atoms with Gasteiger partial charge in [-0.1, -0.05) is 18.5 Å². The van der Waals surface area contributed by atoms with Crippen molar-refractivity contribution < 1.29 is 4.52 Å². The second kappa shape index (κ2) is 4.53. The summed E-state index contributed by atoms with van der Waals surface area (Å²) in [5.41, 5.74) is -0.00759. The van der Waals surface area contributed by atoms with Gasteiger partial charge in [0, 0.05) is 13.0 Å². The summed E-state index contributed by atoms with van der Waals surface area (Å²) in [7, 11) is 0. The van der Waals surface area contributed by atoms with Crippen molar-refractivity contribution in [2.24, 2.45) is 0 Å². The van der Waals surface area contributed by atoms with Crippen LogP contribution in [0.1, 0.15) is 57.7 Å². The zero-order chi connectivity index (χ0) is 11.6. The highest BCUT2D eigenvalue weighted by molar-refractivity contribution is 5.10. The van der Waals surface area contributed by atoms with Crippen LogP contribution in [0.5, 0.6) is 0 Å². The molecule has 1 aliphatic carbocycles. The van der Waals surface area contributed by atoms with Gasteiger partial charge in [-0.2, -0.15) is 4.98 Å². The molecule has 0 bridgehead atoms. The SMILES string of the molecule is CCCC(C)NC1(c2noc(C)n2)CCC1. The molecule has 0 aromatic carbocycles. The Morgan fingerprint density at radius 2 is 2.25 bits per heavy atom. The van der Waals surface area contributed by atoms with Gasteiger partial charge in [-0.05, 0) is 32.6 Å². The van der Waals surface area contributed by atoms with Crippen molar-refractivity contribution in [1.29, 1.82) is 0 Å². The summed E-state index contributed by atoms with van der Waals surface area (Å²) in [6.07, 6.45) is 5.90. The molecule has 1 fully saturated rings. The summed E-state index contributed by atoms with van der Waals surface area (Å²) >= 11 is 0. The first-order chi connectivity index (χ1) is 7.66. The van der Waals surface area contributed by atoms with Gasteiger partial charge in [-0.3, -0.25) is 0 Å². The molecule has 0 amide bonds. The number of hydrogen-bond acceptors (Lipinski definition) is 4. The highest BCUT2D eigenvalue weighted by Gasteiger charge is 2.43. The van der Waals surface area contributed by atoms with Crippen molar-refractivity contribution in [2.45, 2.75) is 64.5 Å². The Morgan fingerprint density at radius 1 is 1.50 bits per heavy atom. The molecule has 2 rings (SSSR count). The van der Waals surface area contributed by atoms with Crippen molar-refractivity contribution in [3.05, 3.63) is 11.7 Å². The minimum Gasteiger partial charge on any atom is -0.340 e. The number of rotatable bonds is 5. The first kappa shape index (κ1) is 11.6. The summed E-state index contributed by atoms with van der Waals surface area (Å²) in [6.45, 7) is 6.29. The highest BCUT2D eigenvalue weighted by atomic mass is 16.5. The molecule has 1 atom stereocenters. The lowest BCUT2D eigenvalue weighted by Crippen LogP contribution is -2.52. The van der Waals surface area contributed by atoms with Crippen LogP contribution in [0.2, 0.25) is 0 Å². The van der Waals surface area contributed by atoms with Crippen LogP contribution < -0.4 is 5.32 Å². The Hall–Kier alpha value is -0.900. The van der Waals surface area contributed by atoms with E-state index in [0.717, 1.165) is 18.7 Å². The van der Waals surface area contributed by atoms with Crippen LogP contribution in [0.25, 0.3) is 0 Å². The van der Waals surface area contributed by atoms with E-state index in [2.05, 4.69) is 29.3 Å². The van der Waals surface area contributed by atoms with Crippen molar-refractivity contribution in [1.82, 2.24) is 15.5 Å². The van der Waals surface area contributed by atoms with Crippen molar-refractivity contribution >= 4 is 0 Å². The van der Waals surface area contributed by atoms with Gasteiger partial charge in [0.05, 0.1) is 5.54 Å². The van der Waals surface area contributed by atoms with Crippen molar-refractivity contribution in [2.75, 3.05) is 0 Å². The smallest absolute Gasteiger partial charge is 0.223 e. The van der Waals surface area contributed by atoms with E-state index in [4.69, 9.17) is 4.52 Å². The molecule has 1 heterocycles. The topological polar surface area (TPSA) is 51.0 Å². The third kappa shape index (κ3) is 2.12.